The summed E-state index contributed by atoms with van der Waals surface area (Å²) in [5.41, 5.74) is 7.94. The molecule has 1 atom stereocenters. The summed E-state index contributed by atoms with van der Waals surface area (Å²) < 4.78 is 1.59. The van der Waals surface area contributed by atoms with Crippen LogP contribution in [0, 0.1) is 22.7 Å². The normalized spacial score (nSPS) is 11.6. The van der Waals surface area contributed by atoms with E-state index < -0.39 is 0 Å². The smallest absolute Gasteiger partial charge is 0.177 e. The van der Waals surface area contributed by atoms with E-state index in [-0.39, 0.29) is 17.4 Å². The minimum atomic E-state index is -0.0352. The second kappa shape index (κ2) is 4.70. The molecule has 0 aliphatic heterocycles. The van der Waals surface area contributed by atoms with Crippen molar-refractivity contribution in [3.05, 3.63) is 47.5 Å². The monoisotopic (exact) mass is 237 g/mol. The summed E-state index contributed by atoms with van der Waals surface area (Å²) in [5, 5.41) is 17.9. The molecule has 0 spiro atoms. The largest absolute Gasteiger partial charge is 0.324 e. The van der Waals surface area contributed by atoms with E-state index in [9.17, 15) is 0 Å². The summed E-state index contributed by atoms with van der Waals surface area (Å²) in [6.45, 7) is 1.90. The van der Waals surface area contributed by atoms with Crippen molar-refractivity contribution in [2.45, 2.75) is 13.0 Å². The molecule has 0 fully saturated rings. The Balaban J connectivity index is 2.47. The number of imidazole rings is 1. The Bertz CT molecular complexity index is 638. The van der Waals surface area contributed by atoms with Crippen LogP contribution in [0.25, 0.3) is 5.69 Å². The van der Waals surface area contributed by atoms with E-state index in [0.717, 1.165) is 11.3 Å². The number of aromatic nitrogens is 2. The van der Waals surface area contributed by atoms with Gasteiger partial charge in [-0.1, -0.05) is 12.1 Å². The molecule has 2 aromatic rings. The van der Waals surface area contributed by atoms with Crippen molar-refractivity contribution in [1.82, 2.24) is 9.55 Å². The quantitative estimate of drug-likeness (QED) is 0.859. The van der Waals surface area contributed by atoms with E-state index in [1.165, 1.54) is 6.33 Å². The highest BCUT2D eigenvalue weighted by Gasteiger charge is 2.11. The van der Waals surface area contributed by atoms with Gasteiger partial charge in [0.15, 0.2) is 11.4 Å². The maximum Gasteiger partial charge on any atom is 0.177 e. The van der Waals surface area contributed by atoms with Crippen molar-refractivity contribution in [3.63, 3.8) is 0 Å². The summed E-state index contributed by atoms with van der Waals surface area (Å²) in [6, 6.07) is 11.3. The first kappa shape index (κ1) is 11.8. The third-order valence-electron chi connectivity index (χ3n) is 2.68. The van der Waals surface area contributed by atoms with Gasteiger partial charge in [-0.3, -0.25) is 4.57 Å². The third kappa shape index (κ3) is 1.95. The van der Waals surface area contributed by atoms with Crippen LogP contribution in [0.5, 0.6) is 0 Å². The Labute approximate surface area is 105 Å². The van der Waals surface area contributed by atoms with Crippen LogP contribution in [0.15, 0.2) is 30.6 Å². The van der Waals surface area contributed by atoms with Crippen LogP contribution in [0.3, 0.4) is 0 Å². The highest BCUT2D eigenvalue weighted by Crippen LogP contribution is 2.17. The minimum absolute atomic E-state index is 0.0352. The molecule has 1 heterocycles. The average molecular weight is 237 g/mol. The first-order valence-electron chi connectivity index (χ1n) is 5.41. The van der Waals surface area contributed by atoms with Gasteiger partial charge >= 0.3 is 0 Å². The lowest BCUT2D eigenvalue weighted by Gasteiger charge is -2.08. The summed E-state index contributed by atoms with van der Waals surface area (Å²) in [6.07, 6.45) is 1.47. The molecule has 0 bridgehead atoms. The Hall–Kier alpha value is -2.63. The predicted octanol–water partition coefficient (Wildman–Crippen LogP) is 1.64. The lowest BCUT2D eigenvalue weighted by Crippen LogP contribution is -2.05. The Morgan fingerprint density at radius 2 is 1.89 bits per heavy atom. The summed E-state index contributed by atoms with van der Waals surface area (Å²) in [5.74, 6) is 0. The zero-order valence-electron chi connectivity index (χ0n) is 9.83. The second-order valence-corrected chi connectivity index (χ2v) is 3.92. The maximum atomic E-state index is 9.04. The van der Waals surface area contributed by atoms with Gasteiger partial charge in [-0.15, -0.1) is 0 Å². The molecule has 2 N–H and O–H groups in total. The first-order chi connectivity index (χ1) is 8.67. The first-order valence-corrected chi connectivity index (χ1v) is 5.41. The van der Waals surface area contributed by atoms with Crippen LogP contribution >= 0.6 is 0 Å². The van der Waals surface area contributed by atoms with Gasteiger partial charge in [0.25, 0.3) is 0 Å². The number of hydrogen-bond donors (Lipinski definition) is 1. The highest BCUT2D eigenvalue weighted by atomic mass is 15.1. The SMILES string of the molecule is C[C@@H](N)c1ccc(-n2cnc(C#N)c2C#N)cc1. The number of hydrogen-bond acceptors (Lipinski definition) is 4. The van der Waals surface area contributed by atoms with Gasteiger partial charge in [0.2, 0.25) is 0 Å². The van der Waals surface area contributed by atoms with Gasteiger partial charge < -0.3 is 5.73 Å². The topological polar surface area (TPSA) is 91.4 Å². The van der Waals surface area contributed by atoms with Crippen molar-refractivity contribution >= 4 is 0 Å². The fourth-order valence-corrected chi connectivity index (χ4v) is 1.67. The Kier molecular flexibility index (Phi) is 3.09. The zero-order valence-corrected chi connectivity index (χ0v) is 9.83. The molecule has 1 aromatic carbocycles. The third-order valence-corrected chi connectivity index (χ3v) is 2.68. The molecule has 0 saturated carbocycles. The number of benzene rings is 1. The van der Waals surface area contributed by atoms with Gasteiger partial charge in [-0.2, -0.15) is 10.5 Å². The zero-order chi connectivity index (χ0) is 13.1. The number of nitrogens with two attached hydrogens (primary N) is 1. The molecule has 0 unspecified atom stereocenters. The molecule has 2 rings (SSSR count). The molecule has 18 heavy (non-hydrogen) atoms. The molecular formula is C13H11N5. The van der Waals surface area contributed by atoms with Crippen LogP contribution in [-0.4, -0.2) is 9.55 Å². The van der Waals surface area contributed by atoms with E-state index in [1.54, 1.807) is 4.57 Å². The number of nitrogens with zero attached hydrogens (tertiary/aromatic N) is 4. The summed E-state index contributed by atoms with van der Waals surface area (Å²) in [7, 11) is 0. The highest BCUT2D eigenvalue weighted by molar-refractivity contribution is 5.45. The lowest BCUT2D eigenvalue weighted by atomic mass is 10.1. The van der Waals surface area contributed by atoms with Gasteiger partial charge in [0.1, 0.15) is 18.5 Å². The molecule has 0 aliphatic rings. The van der Waals surface area contributed by atoms with Crippen LogP contribution in [-0.2, 0) is 0 Å². The van der Waals surface area contributed by atoms with Crippen LogP contribution in [0.2, 0.25) is 0 Å². The minimum Gasteiger partial charge on any atom is -0.324 e. The molecular weight excluding hydrogens is 226 g/mol. The average Bonchev–Trinajstić information content (AvgIpc) is 2.81. The van der Waals surface area contributed by atoms with Crippen molar-refractivity contribution in [2.75, 3.05) is 0 Å². The Morgan fingerprint density at radius 3 is 2.39 bits per heavy atom. The van der Waals surface area contributed by atoms with Crippen LogP contribution < -0.4 is 5.73 Å². The fourth-order valence-electron chi connectivity index (χ4n) is 1.67. The molecule has 5 nitrogen and oxygen atoms in total. The summed E-state index contributed by atoms with van der Waals surface area (Å²) >= 11 is 0. The van der Waals surface area contributed by atoms with Crippen molar-refractivity contribution in [3.8, 4) is 17.8 Å². The predicted molar refractivity (Wildman–Crippen MR) is 65.6 cm³/mol. The molecule has 0 saturated heterocycles. The van der Waals surface area contributed by atoms with Gasteiger partial charge in [-0.05, 0) is 24.6 Å². The van der Waals surface area contributed by atoms with E-state index in [2.05, 4.69) is 4.98 Å². The fraction of sp³-hybridized carbons (Fsp3) is 0.154. The molecule has 88 valence electrons. The van der Waals surface area contributed by atoms with Crippen LogP contribution in [0.4, 0.5) is 0 Å². The second-order valence-electron chi connectivity index (χ2n) is 3.92. The van der Waals surface area contributed by atoms with Crippen molar-refractivity contribution < 1.29 is 0 Å². The maximum absolute atomic E-state index is 9.04. The molecule has 0 aliphatic carbocycles. The van der Waals surface area contributed by atoms with Gasteiger partial charge in [-0.25, -0.2) is 4.98 Å². The van der Waals surface area contributed by atoms with Crippen LogP contribution in [0.1, 0.15) is 29.9 Å². The van der Waals surface area contributed by atoms with Crippen molar-refractivity contribution in [2.24, 2.45) is 5.73 Å². The summed E-state index contributed by atoms with van der Waals surface area (Å²) in [4.78, 5) is 3.89. The van der Waals surface area contributed by atoms with E-state index in [0.29, 0.717) is 0 Å². The van der Waals surface area contributed by atoms with Gasteiger partial charge in [0.05, 0.1) is 0 Å². The van der Waals surface area contributed by atoms with Gasteiger partial charge in [0, 0.05) is 11.7 Å². The standard InChI is InChI=1S/C13H11N5/c1-9(16)10-2-4-11(5-3-10)18-8-17-12(6-14)13(18)7-15/h2-5,8-9H,16H2,1H3/t9-/m1/s1. The van der Waals surface area contributed by atoms with E-state index >= 15 is 0 Å². The van der Waals surface area contributed by atoms with E-state index in [1.807, 2.05) is 43.3 Å². The lowest BCUT2D eigenvalue weighted by molar-refractivity contribution is 0.817. The molecule has 0 amide bonds. The van der Waals surface area contributed by atoms with Crippen molar-refractivity contribution in [1.29, 1.82) is 10.5 Å². The number of rotatable bonds is 2. The molecule has 1 aromatic heterocycles. The number of nitriles is 2. The Morgan fingerprint density at radius 1 is 1.22 bits per heavy atom. The van der Waals surface area contributed by atoms with E-state index in [4.69, 9.17) is 16.3 Å². The molecule has 0 radical (unpaired) electrons. The molecule has 5 heteroatoms.